The van der Waals surface area contributed by atoms with Gasteiger partial charge in [-0.15, -0.1) is 0 Å². The summed E-state index contributed by atoms with van der Waals surface area (Å²) in [7, 11) is 0. The number of likely N-dealkylation sites (tertiary alicyclic amines) is 1. The van der Waals surface area contributed by atoms with Crippen LogP contribution < -0.4 is 5.73 Å². The molecule has 1 heterocycles. The van der Waals surface area contributed by atoms with E-state index in [0.29, 0.717) is 12.3 Å². The Bertz CT molecular complexity index is 255. The topological polar surface area (TPSA) is 56.5 Å². The third kappa shape index (κ3) is 4.14. The lowest BCUT2D eigenvalue weighted by Gasteiger charge is -2.31. The Morgan fingerprint density at radius 3 is 2.75 bits per heavy atom. The van der Waals surface area contributed by atoms with E-state index in [1.54, 1.807) is 6.20 Å². The van der Waals surface area contributed by atoms with Crippen LogP contribution in [-0.2, 0) is 4.79 Å². The Morgan fingerprint density at radius 2 is 2.19 bits per heavy atom. The highest BCUT2D eigenvalue weighted by Gasteiger charge is 2.21. The fourth-order valence-corrected chi connectivity index (χ4v) is 2.01. The molecule has 4 nitrogen and oxygen atoms in total. The number of hydrogen-bond donors (Lipinski definition) is 0. The second-order valence-corrected chi connectivity index (χ2v) is 4.13. The van der Waals surface area contributed by atoms with Crippen molar-refractivity contribution in [2.45, 2.75) is 25.7 Å². The second-order valence-electron chi connectivity index (χ2n) is 4.13. The highest BCUT2D eigenvalue weighted by atomic mass is 16.2. The normalized spacial score (nSPS) is 17.9. The summed E-state index contributed by atoms with van der Waals surface area (Å²) in [5, 5.41) is 0. The van der Waals surface area contributed by atoms with Crippen molar-refractivity contribution in [1.29, 1.82) is 0 Å². The van der Waals surface area contributed by atoms with Crippen LogP contribution in [0.2, 0.25) is 0 Å². The Hall–Kier alpha value is -1.16. The van der Waals surface area contributed by atoms with Crippen LogP contribution in [-0.4, -0.2) is 37.2 Å². The summed E-state index contributed by atoms with van der Waals surface area (Å²) < 4.78 is 0. The third-order valence-corrected chi connectivity index (χ3v) is 2.99. The number of carbonyl (C=O) groups excluding carboxylic acids is 1. The fraction of sp³-hybridized carbons (Fsp3) is 0.667. The molecule has 1 rings (SSSR count). The first kappa shape index (κ1) is 12.9. The maximum Gasteiger partial charge on any atom is 0.223 e. The summed E-state index contributed by atoms with van der Waals surface area (Å²) in [6.45, 7) is 5.28. The molecule has 0 atom stereocenters. The molecule has 0 spiro atoms. The minimum atomic E-state index is 0.136. The maximum atomic E-state index is 11.5. The summed E-state index contributed by atoms with van der Waals surface area (Å²) >= 11 is 0. The average molecular weight is 222 g/mol. The highest BCUT2D eigenvalue weighted by Crippen LogP contribution is 2.21. The van der Waals surface area contributed by atoms with Gasteiger partial charge in [0.05, 0.1) is 0 Å². The molecule has 1 saturated heterocycles. The highest BCUT2D eigenvalue weighted by molar-refractivity contribution is 5.76. The quantitative estimate of drug-likeness (QED) is 0.650. The molecule has 1 radical (unpaired) electrons. The van der Waals surface area contributed by atoms with E-state index in [0.717, 1.165) is 32.4 Å². The van der Waals surface area contributed by atoms with Gasteiger partial charge in [0, 0.05) is 32.3 Å². The minimum absolute atomic E-state index is 0.136. The number of allylic oxidation sites excluding steroid dienone is 1. The number of nitrogens with one attached hydrogen (secondary N) is 1. The molecular formula is C12H20N3O. The van der Waals surface area contributed by atoms with Gasteiger partial charge in [-0.05, 0) is 31.9 Å². The van der Waals surface area contributed by atoms with Crippen LogP contribution in [0.4, 0.5) is 0 Å². The van der Waals surface area contributed by atoms with Crippen molar-refractivity contribution in [3.63, 3.8) is 0 Å². The van der Waals surface area contributed by atoms with Gasteiger partial charge in [0.15, 0.2) is 0 Å². The second kappa shape index (κ2) is 7.17. The van der Waals surface area contributed by atoms with Gasteiger partial charge in [0.25, 0.3) is 0 Å². The molecule has 0 aromatic heterocycles. The Morgan fingerprint density at radius 1 is 1.50 bits per heavy atom. The number of carbonyl (C=O) groups is 1. The minimum Gasteiger partial charge on any atom is -0.343 e. The van der Waals surface area contributed by atoms with E-state index in [1.165, 1.54) is 0 Å². The third-order valence-electron chi connectivity index (χ3n) is 2.99. The van der Waals surface area contributed by atoms with Gasteiger partial charge in [-0.3, -0.25) is 15.5 Å². The van der Waals surface area contributed by atoms with Gasteiger partial charge >= 0.3 is 0 Å². The van der Waals surface area contributed by atoms with Crippen molar-refractivity contribution in [2.75, 3.05) is 19.6 Å². The summed E-state index contributed by atoms with van der Waals surface area (Å²) in [5.41, 5.74) is 7.03. The van der Waals surface area contributed by atoms with Gasteiger partial charge in [-0.1, -0.05) is 6.08 Å². The van der Waals surface area contributed by atoms with Crippen molar-refractivity contribution in [1.82, 2.24) is 10.6 Å². The van der Waals surface area contributed by atoms with E-state index < -0.39 is 0 Å². The molecule has 1 aliphatic rings. The maximum absolute atomic E-state index is 11.5. The van der Waals surface area contributed by atoms with E-state index in [9.17, 15) is 4.79 Å². The molecule has 89 valence electrons. The Kier molecular flexibility index (Phi) is 5.78. The van der Waals surface area contributed by atoms with Crippen LogP contribution in [0.25, 0.3) is 0 Å². The zero-order valence-corrected chi connectivity index (χ0v) is 9.69. The van der Waals surface area contributed by atoms with Gasteiger partial charge in [-0.2, -0.15) is 0 Å². The van der Waals surface area contributed by atoms with Crippen LogP contribution in [0.3, 0.4) is 0 Å². The van der Waals surface area contributed by atoms with E-state index >= 15 is 0 Å². The molecule has 0 saturated carbocycles. The predicted molar refractivity (Wildman–Crippen MR) is 65.2 cm³/mol. The van der Waals surface area contributed by atoms with E-state index in [-0.39, 0.29) is 12.5 Å². The zero-order chi connectivity index (χ0) is 11.8. The monoisotopic (exact) mass is 222 g/mol. The largest absolute Gasteiger partial charge is 0.343 e. The van der Waals surface area contributed by atoms with Crippen LogP contribution >= 0.6 is 0 Å². The molecular weight excluding hydrogens is 202 g/mol. The van der Waals surface area contributed by atoms with E-state index in [4.69, 9.17) is 5.73 Å². The van der Waals surface area contributed by atoms with Crippen molar-refractivity contribution >= 4 is 12.6 Å². The standard InChI is InChI=1S/C12H20N3O/c1-14-8-2-3-11-5-9-15(10-6-11)12(16)4-7-13/h2,8,11,13H,1,3-7,9-10H2/b8-2-. The zero-order valence-electron chi connectivity index (χ0n) is 9.69. The first-order valence-corrected chi connectivity index (χ1v) is 5.81. The molecule has 1 N–H and O–H groups in total. The van der Waals surface area contributed by atoms with Crippen molar-refractivity contribution < 1.29 is 4.79 Å². The van der Waals surface area contributed by atoms with Gasteiger partial charge in [0.1, 0.15) is 0 Å². The van der Waals surface area contributed by atoms with Crippen molar-refractivity contribution in [3.05, 3.63) is 12.3 Å². The van der Waals surface area contributed by atoms with Crippen molar-refractivity contribution in [3.8, 4) is 0 Å². The number of rotatable bonds is 5. The average Bonchev–Trinajstić information content (AvgIpc) is 2.30. The number of nitrogens with zero attached hydrogens (tertiary/aromatic N) is 2. The summed E-state index contributed by atoms with van der Waals surface area (Å²) in [6, 6.07) is 0. The molecule has 0 unspecified atom stereocenters. The van der Waals surface area contributed by atoms with Crippen LogP contribution in [0.5, 0.6) is 0 Å². The predicted octanol–water partition coefficient (Wildman–Crippen LogP) is 1.50. The number of piperidine rings is 1. The molecule has 0 aromatic carbocycles. The SMILES string of the molecule is C=N/C=C\CC1CCN(C(=O)CC[NH])CC1. The Balaban J connectivity index is 2.25. The summed E-state index contributed by atoms with van der Waals surface area (Å²) in [4.78, 5) is 17.1. The smallest absolute Gasteiger partial charge is 0.223 e. The Labute approximate surface area is 97.2 Å². The molecule has 16 heavy (non-hydrogen) atoms. The molecule has 1 amide bonds. The van der Waals surface area contributed by atoms with Crippen molar-refractivity contribution in [2.24, 2.45) is 10.9 Å². The van der Waals surface area contributed by atoms with E-state index in [1.807, 2.05) is 11.0 Å². The lowest BCUT2D eigenvalue weighted by atomic mass is 9.93. The first-order valence-electron chi connectivity index (χ1n) is 5.81. The molecule has 0 aliphatic carbocycles. The molecule has 1 aliphatic heterocycles. The lowest BCUT2D eigenvalue weighted by molar-refractivity contribution is -0.132. The van der Waals surface area contributed by atoms with E-state index in [2.05, 4.69) is 11.7 Å². The molecule has 0 bridgehead atoms. The van der Waals surface area contributed by atoms with Gasteiger partial charge in [0.2, 0.25) is 5.91 Å². The molecule has 1 fully saturated rings. The van der Waals surface area contributed by atoms with Gasteiger partial charge in [-0.25, -0.2) is 0 Å². The first-order chi connectivity index (χ1) is 7.77. The summed E-state index contributed by atoms with van der Waals surface area (Å²) in [5.74, 6) is 0.801. The summed E-state index contributed by atoms with van der Waals surface area (Å²) in [6.07, 6.45) is 7.29. The number of hydrogen-bond acceptors (Lipinski definition) is 2. The van der Waals surface area contributed by atoms with Crippen LogP contribution in [0.1, 0.15) is 25.7 Å². The van der Waals surface area contributed by atoms with Crippen LogP contribution in [0.15, 0.2) is 17.3 Å². The lowest BCUT2D eigenvalue weighted by Crippen LogP contribution is -2.38. The number of aliphatic imine (C=N–C) groups is 1. The van der Waals surface area contributed by atoms with Crippen LogP contribution in [0, 0.1) is 5.92 Å². The number of amides is 1. The van der Waals surface area contributed by atoms with Gasteiger partial charge < -0.3 is 4.90 Å². The molecule has 0 aromatic rings. The fourth-order valence-electron chi connectivity index (χ4n) is 2.01. The molecule has 4 heteroatoms.